The standard InChI is InChI=1S/C24H29N7O4/c1-24(2,3)35-23(34)29-12-17-20(18(33)13-29)21(28-16-7-5-4-6-8-16)22(31(17)26)15-9-10-27-19(11-15)30(25)14-32/h4-11,14,19,27-28H,12-13,25-26H2,1-3H3. The fraction of sp³-hybridized carbons (Fsp3) is 0.292. The van der Waals surface area contributed by atoms with E-state index in [0.29, 0.717) is 34.6 Å². The van der Waals surface area contributed by atoms with E-state index in [1.165, 1.54) is 9.58 Å². The summed E-state index contributed by atoms with van der Waals surface area (Å²) >= 11 is 0. The van der Waals surface area contributed by atoms with Gasteiger partial charge in [0.05, 0.1) is 35.7 Å². The zero-order valence-electron chi connectivity index (χ0n) is 19.8. The number of amides is 2. The number of aromatic nitrogens is 1. The molecular formula is C24H29N7O4. The van der Waals surface area contributed by atoms with Gasteiger partial charge in [-0.25, -0.2) is 10.6 Å². The molecule has 1 aromatic heterocycles. The van der Waals surface area contributed by atoms with Gasteiger partial charge in [-0.05, 0) is 51.3 Å². The van der Waals surface area contributed by atoms with E-state index >= 15 is 0 Å². The molecule has 0 bridgehead atoms. The second-order valence-corrected chi connectivity index (χ2v) is 9.29. The first-order chi connectivity index (χ1) is 16.6. The number of fused-ring (bicyclic) bond motifs is 1. The smallest absolute Gasteiger partial charge is 0.411 e. The minimum atomic E-state index is -0.706. The van der Waals surface area contributed by atoms with Crippen LogP contribution in [0, 0.1) is 0 Å². The molecule has 0 fully saturated rings. The highest BCUT2D eigenvalue weighted by molar-refractivity contribution is 6.09. The van der Waals surface area contributed by atoms with Crippen molar-refractivity contribution in [2.45, 2.75) is 39.1 Å². The van der Waals surface area contributed by atoms with Crippen LogP contribution in [0.2, 0.25) is 0 Å². The summed E-state index contributed by atoms with van der Waals surface area (Å²) in [6.45, 7) is 5.24. The van der Waals surface area contributed by atoms with Crippen molar-refractivity contribution in [1.29, 1.82) is 0 Å². The van der Waals surface area contributed by atoms with Gasteiger partial charge < -0.3 is 21.2 Å². The molecule has 2 aliphatic heterocycles. The molecule has 1 aromatic carbocycles. The van der Waals surface area contributed by atoms with Crippen LogP contribution in [-0.2, 0) is 16.1 Å². The van der Waals surface area contributed by atoms with Crippen molar-refractivity contribution < 1.29 is 19.1 Å². The van der Waals surface area contributed by atoms with E-state index in [2.05, 4.69) is 10.6 Å². The van der Waals surface area contributed by atoms with Crippen LogP contribution in [0.5, 0.6) is 0 Å². The molecule has 184 valence electrons. The lowest BCUT2D eigenvalue weighted by atomic mass is 10.0. The van der Waals surface area contributed by atoms with Crippen LogP contribution >= 0.6 is 0 Å². The van der Waals surface area contributed by atoms with E-state index < -0.39 is 17.9 Å². The summed E-state index contributed by atoms with van der Waals surface area (Å²) in [4.78, 5) is 38.6. The number of hydrazine groups is 1. The molecule has 0 spiro atoms. The van der Waals surface area contributed by atoms with Crippen molar-refractivity contribution >= 4 is 35.2 Å². The maximum Gasteiger partial charge on any atom is 0.411 e. The van der Waals surface area contributed by atoms with Crippen LogP contribution in [0.3, 0.4) is 0 Å². The normalized spacial score (nSPS) is 17.3. The number of carbonyl (C=O) groups excluding carboxylic acids is 3. The number of Topliss-reactive ketones (excluding diaryl/α,β-unsaturated/α-hetero) is 1. The van der Waals surface area contributed by atoms with Crippen LogP contribution in [0.4, 0.5) is 16.2 Å². The number of hydrogen-bond donors (Lipinski definition) is 4. The molecule has 3 heterocycles. The Hall–Kier alpha value is -4.25. The zero-order valence-corrected chi connectivity index (χ0v) is 19.8. The molecule has 2 aliphatic rings. The van der Waals surface area contributed by atoms with Crippen LogP contribution in [-0.4, -0.2) is 51.2 Å². The Labute approximate surface area is 202 Å². The number of nitrogen functional groups attached to an aromatic ring is 1. The monoisotopic (exact) mass is 479 g/mol. The lowest BCUT2D eigenvalue weighted by Gasteiger charge is -2.30. The largest absolute Gasteiger partial charge is 0.444 e. The Morgan fingerprint density at radius 3 is 2.63 bits per heavy atom. The number of nitrogens with zero attached hydrogens (tertiary/aromatic N) is 3. The molecule has 6 N–H and O–H groups in total. The molecule has 1 unspecified atom stereocenters. The molecule has 2 aromatic rings. The predicted molar refractivity (Wildman–Crippen MR) is 131 cm³/mol. The zero-order chi connectivity index (χ0) is 25.3. The quantitative estimate of drug-likeness (QED) is 0.220. The van der Waals surface area contributed by atoms with Gasteiger partial charge in [-0.3, -0.25) is 24.2 Å². The lowest BCUT2D eigenvalue weighted by molar-refractivity contribution is -0.120. The Balaban J connectivity index is 1.81. The molecule has 2 amide bonds. The SMILES string of the molecule is CC(C)(C)OC(=O)N1CC(=O)c2c(Nc3ccccc3)c(C3=CC(N(N)C=O)NC=C3)n(N)c2C1. The molecular weight excluding hydrogens is 450 g/mol. The summed E-state index contributed by atoms with van der Waals surface area (Å²) in [6.07, 6.45) is 4.44. The summed E-state index contributed by atoms with van der Waals surface area (Å²) in [5.41, 5.74) is 2.57. The average molecular weight is 480 g/mol. The van der Waals surface area contributed by atoms with E-state index in [0.717, 1.165) is 10.7 Å². The molecule has 35 heavy (non-hydrogen) atoms. The maximum atomic E-state index is 13.4. The Morgan fingerprint density at radius 2 is 1.97 bits per heavy atom. The first-order valence-electron chi connectivity index (χ1n) is 11.1. The van der Waals surface area contributed by atoms with Gasteiger partial charge in [-0.15, -0.1) is 0 Å². The van der Waals surface area contributed by atoms with Crippen molar-refractivity contribution in [3.05, 3.63) is 65.6 Å². The van der Waals surface area contributed by atoms with Crippen LogP contribution in [0.25, 0.3) is 5.57 Å². The number of dihydropyridines is 1. The van der Waals surface area contributed by atoms with E-state index in [9.17, 15) is 14.4 Å². The van der Waals surface area contributed by atoms with Crippen molar-refractivity contribution in [2.24, 2.45) is 5.84 Å². The fourth-order valence-corrected chi connectivity index (χ4v) is 4.02. The third-order valence-corrected chi connectivity index (χ3v) is 5.54. The van der Waals surface area contributed by atoms with E-state index in [4.69, 9.17) is 16.4 Å². The number of carbonyl (C=O) groups is 3. The summed E-state index contributed by atoms with van der Waals surface area (Å²) in [5, 5.41) is 7.28. The molecule has 0 radical (unpaired) electrons. The van der Waals surface area contributed by atoms with Crippen molar-refractivity contribution in [1.82, 2.24) is 19.9 Å². The van der Waals surface area contributed by atoms with Crippen molar-refractivity contribution in [3.63, 3.8) is 0 Å². The highest BCUT2D eigenvalue weighted by atomic mass is 16.6. The lowest BCUT2D eigenvalue weighted by Crippen LogP contribution is -2.46. The van der Waals surface area contributed by atoms with Crippen molar-refractivity contribution in [3.8, 4) is 0 Å². The van der Waals surface area contributed by atoms with Gasteiger partial charge in [-0.2, -0.15) is 0 Å². The second kappa shape index (κ2) is 9.18. The number of anilines is 2. The van der Waals surface area contributed by atoms with E-state index in [1.807, 2.05) is 30.3 Å². The van der Waals surface area contributed by atoms with Gasteiger partial charge in [-0.1, -0.05) is 18.2 Å². The second-order valence-electron chi connectivity index (χ2n) is 9.29. The average Bonchev–Trinajstić information content (AvgIpc) is 3.09. The molecule has 11 nitrogen and oxygen atoms in total. The number of para-hydroxylation sites is 1. The molecule has 0 saturated heterocycles. The first-order valence-corrected chi connectivity index (χ1v) is 11.1. The Bertz CT molecular complexity index is 1210. The van der Waals surface area contributed by atoms with Crippen LogP contribution in [0.1, 0.15) is 42.5 Å². The van der Waals surface area contributed by atoms with E-state index in [1.54, 1.807) is 39.1 Å². The molecule has 0 aliphatic carbocycles. The number of nitrogens with two attached hydrogens (primary N) is 2. The minimum Gasteiger partial charge on any atom is -0.444 e. The molecule has 11 heteroatoms. The number of ketones is 1. The summed E-state index contributed by atoms with van der Waals surface area (Å²) in [7, 11) is 0. The molecule has 1 atom stereocenters. The van der Waals surface area contributed by atoms with Gasteiger partial charge in [0.15, 0.2) is 5.78 Å². The summed E-state index contributed by atoms with van der Waals surface area (Å²) < 4.78 is 6.87. The summed E-state index contributed by atoms with van der Waals surface area (Å²) in [6, 6.07) is 9.37. The third kappa shape index (κ3) is 4.85. The van der Waals surface area contributed by atoms with E-state index in [-0.39, 0.29) is 18.9 Å². The van der Waals surface area contributed by atoms with Crippen LogP contribution < -0.4 is 22.3 Å². The van der Waals surface area contributed by atoms with Gasteiger partial charge in [0, 0.05) is 11.3 Å². The third-order valence-electron chi connectivity index (χ3n) is 5.54. The number of benzene rings is 1. The van der Waals surface area contributed by atoms with Gasteiger partial charge in [0.25, 0.3) is 0 Å². The Morgan fingerprint density at radius 1 is 1.26 bits per heavy atom. The van der Waals surface area contributed by atoms with Gasteiger partial charge in [0.1, 0.15) is 11.8 Å². The predicted octanol–water partition coefficient (Wildman–Crippen LogP) is 2.04. The highest BCUT2D eigenvalue weighted by Crippen LogP contribution is 2.38. The number of nitrogens with one attached hydrogen (secondary N) is 2. The van der Waals surface area contributed by atoms with Crippen LogP contribution in [0.15, 0.2) is 48.7 Å². The summed E-state index contributed by atoms with van der Waals surface area (Å²) in [5.74, 6) is 12.0. The topological polar surface area (TPSA) is 148 Å². The Kier molecular flexibility index (Phi) is 6.27. The highest BCUT2D eigenvalue weighted by Gasteiger charge is 2.37. The maximum absolute atomic E-state index is 13.4. The fourth-order valence-electron chi connectivity index (χ4n) is 4.02. The first kappa shape index (κ1) is 23.9. The molecule has 0 saturated carbocycles. The van der Waals surface area contributed by atoms with Gasteiger partial charge >= 0.3 is 6.09 Å². The minimum absolute atomic E-state index is 0.0893. The van der Waals surface area contributed by atoms with Crippen molar-refractivity contribution in [2.75, 3.05) is 17.7 Å². The molecule has 4 rings (SSSR count). The van der Waals surface area contributed by atoms with Gasteiger partial charge in [0.2, 0.25) is 6.41 Å². The number of hydrogen-bond acceptors (Lipinski definition) is 8. The number of ether oxygens (including phenoxy) is 1. The number of rotatable bonds is 5. The number of allylic oxidation sites excluding steroid dienone is 2.